The number of hydrogen-bond donors (Lipinski definition) is 1. The van der Waals surface area contributed by atoms with Gasteiger partial charge in [-0.05, 0) is 71.6 Å². The van der Waals surface area contributed by atoms with E-state index in [1.165, 1.54) is 28.8 Å². The topological polar surface area (TPSA) is 58.5 Å². The van der Waals surface area contributed by atoms with Crippen LogP contribution in [-0.4, -0.2) is 52.2 Å². The van der Waals surface area contributed by atoms with Crippen molar-refractivity contribution in [2.75, 3.05) is 43.0 Å². The first-order valence-corrected chi connectivity index (χ1v) is 17.2. The summed E-state index contributed by atoms with van der Waals surface area (Å²) in [5.74, 6) is 1.21. The standard InChI is InChI=1S/C37H36ClFN6OS/c38-29-12-10-27(11-13-29)33-7-2-1-6-28(33)25-43-19-21-44(22-20-43)37-41-31(26-47-37)24-40-36-42-34-8-3-4-9-35(34)45(36)18-5-23-46-32-16-14-30(39)15-17-32/h1-4,6-17,26H,5,18-25H2,(H,40,42). The van der Waals surface area contributed by atoms with Crippen molar-refractivity contribution >= 4 is 45.1 Å². The lowest BCUT2D eigenvalue weighted by molar-refractivity contribution is 0.250. The lowest BCUT2D eigenvalue weighted by Crippen LogP contribution is -2.46. The van der Waals surface area contributed by atoms with Gasteiger partial charge in [-0.1, -0.05) is 60.1 Å². The zero-order valence-corrected chi connectivity index (χ0v) is 27.6. The first kappa shape index (κ1) is 31.2. The molecule has 1 aliphatic rings. The molecule has 0 bridgehead atoms. The molecule has 4 aromatic carbocycles. The van der Waals surface area contributed by atoms with E-state index < -0.39 is 0 Å². The van der Waals surface area contributed by atoms with Crippen LogP contribution in [0.25, 0.3) is 22.2 Å². The molecule has 0 atom stereocenters. The van der Waals surface area contributed by atoms with Gasteiger partial charge >= 0.3 is 0 Å². The lowest BCUT2D eigenvalue weighted by atomic mass is 9.99. The van der Waals surface area contributed by atoms with Crippen LogP contribution in [0, 0.1) is 5.82 Å². The molecule has 0 amide bonds. The van der Waals surface area contributed by atoms with Gasteiger partial charge in [-0.25, -0.2) is 14.4 Å². The summed E-state index contributed by atoms with van der Waals surface area (Å²) in [5, 5.41) is 7.49. The van der Waals surface area contributed by atoms with Crippen molar-refractivity contribution in [1.82, 2.24) is 19.4 Å². The number of hydrogen-bond acceptors (Lipinski definition) is 7. The molecule has 7 rings (SSSR count). The maximum absolute atomic E-state index is 13.2. The van der Waals surface area contributed by atoms with Crippen molar-refractivity contribution in [3.05, 3.63) is 125 Å². The normalized spacial score (nSPS) is 13.7. The Labute approximate surface area is 283 Å². The summed E-state index contributed by atoms with van der Waals surface area (Å²) >= 11 is 7.83. The van der Waals surface area contributed by atoms with E-state index in [9.17, 15) is 4.39 Å². The molecule has 0 unspecified atom stereocenters. The van der Waals surface area contributed by atoms with E-state index in [-0.39, 0.29) is 5.82 Å². The number of piperazine rings is 1. The number of rotatable bonds is 12. The van der Waals surface area contributed by atoms with Crippen molar-refractivity contribution in [3.63, 3.8) is 0 Å². The van der Waals surface area contributed by atoms with Crippen molar-refractivity contribution in [3.8, 4) is 16.9 Å². The van der Waals surface area contributed by atoms with Crippen molar-refractivity contribution in [2.24, 2.45) is 0 Å². The first-order valence-electron chi connectivity index (χ1n) is 15.9. The number of benzene rings is 4. The Morgan fingerprint density at radius 2 is 1.62 bits per heavy atom. The minimum atomic E-state index is -0.267. The van der Waals surface area contributed by atoms with Crippen LogP contribution in [0.5, 0.6) is 5.75 Å². The molecule has 2 aromatic heterocycles. The molecular weight excluding hydrogens is 631 g/mol. The highest BCUT2D eigenvalue weighted by molar-refractivity contribution is 7.13. The fourth-order valence-corrected chi connectivity index (χ4v) is 6.99. The van der Waals surface area contributed by atoms with Crippen LogP contribution in [0.1, 0.15) is 17.7 Å². The third kappa shape index (κ3) is 7.59. The molecule has 0 saturated carbocycles. The number of anilines is 2. The monoisotopic (exact) mass is 666 g/mol. The summed E-state index contributed by atoms with van der Waals surface area (Å²) in [5.41, 5.74) is 6.81. The van der Waals surface area contributed by atoms with Crippen LogP contribution >= 0.6 is 22.9 Å². The van der Waals surface area contributed by atoms with Crippen molar-refractivity contribution < 1.29 is 9.13 Å². The minimum absolute atomic E-state index is 0.267. The highest BCUT2D eigenvalue weighted by Crippen LogP contribution is 2.28. The van der Waals surface area contributed by atoms with E-state index in [2.05, 4.69) is 67.5 Å². The number of para-hydroxylation sites is 2. The fourth-order valence-electron chi connectivity index (χ4n) is 5.98. The van der Waals surface area contributed by atoms with E-state index in [4.69, 9.17) is 26.3 Å². The largest absolute Gasteiger partial charge is 0.494 e. The summed E-state index contributed by atoms with van der Waals surface area (Å²) in [7, 11) is 0. The number of ether oxygens (including phenoxy) is 1. The van der Waals surface area contributed by atoms with Crippen molar-refractivity contribution in [1.29, 1.82) is 0 Å². The molecule has 47 heavy (non-hydrogen) atoms. The number of imidazole rings is 1. The van der Waals surface area contributed by atoms with E-state index in [1.54, 1.807) is 23.5 Å². The third-order valence-electron chi connectivity index (χ3n) is 8.44. The number of aromatic nitrogens is 3. The number of nitrogens with zero attached hydrogens (tertiary/aromatic N) is 5. The van der Waals surface area contributed by atoms with Gasteiger partial charge in [-0.2, -0.15) is 0 Å². The Morgan fingerprint density at radius 1 is 0.851 bits per heavy atom. The second kappa shape index (κ2) is 14.5. The third-order valence-corrected chi connectivity index (χ3v) is 9.64. The predicted octanol–water partition coefficient (Wildman–Crippen LogP) is 8.36. The van der Waals surface area contributed by atoms with Gasteiger partial charge in [0.05, 0.1) is 29.9 Å². The van der Waals surface area contributed by atoms with E-state index in [0.717, 1.165) is 78.5 Å². The Morgan fingerprint density at radius 3 is 2.45 bits per heavy atom. The number of fused-ring (bicyclic) bond motifs is 1. The molecule has 1 saturated heterocycles. The average Bonchev–Trinajstić information content (AvgIpc) is 3.72. The molecular formula is C37H36ClFN6OS. The highest BCUT2D eigenvalue weighted by atomic mass is 35.5. The predicted molar refractivity (Wildman–Crippen MR) is 190 cm³/mol. The molecule has 1 aliphatic heterocycles. The van der Waals surface area contributed by atoms with Gasteiger partial charge in [0, 0.05) is 49.7 Å². The van der Waals surface area contributed by atoms with Gasteiger partial charge in [0.2, 0.25) is 5.95 Å². The Hall–Kier alpha value is -4.44. The number of thiazole rings is 1. The molecule has 0 radical (unpaired) electrons. The molecule has 0 spiro atoms. The Kier molecular flexibility index (Phi) is 9.65. The van der Waals surface area contributed by atoms with E-state index in [1.807, 2.05) is 30.3 Å². The van der Waals surface area contributed by atoms with Crippen LogP contribution in [0.3, 0.4) is 0 Å². The quantitative estimate of drug-likeness (QED) is 0.133. The smallest absolute Gasteiger partial charge is 0.204 e. The van der Waals surface area contributed by atoms with Crippen LogP contribution in [-0.2, 0) is 19.6 Å². The van der Waals surface area contributed by atoms with Crippen molar-refractivity contribution in [2.45, 2.75) is 26.1 Å². The second-order valence-electron chi connectivity index (χ2n) is 11.6. The van der Waals surface area contributed by atoms with E-state index >= 15 is 0 Å². The zero-order chi connectivity index (χ0) is 32.0. The van der Waals surface area contributed by atoms with Crippen LogP contribution in [0.2, 0.25) is 5.02 Å². The van der Waals surface area contributed by atoms with Gasteiger partial charge in [0.15, 0.2) is 5.13 Å². The summed E-state index contributed by atoms with van der Waals surface area (Å²) in [6, 6.07) is 31.0. The molecule has 1 N–H and O–H groups in total. The lowest BCUT2D eigenvalue weighted by Gasteiger charge is -2.35. The van der Waals surface area contributed by atoms with Crippen LogP contribution in [0.4, 0.5) is 15.5 Å². The summed E-state index contributed by atoms with van der Waals surface area (Å²) in [4.78, 5) is 14.8. The summed E-state index contributed by atoms with van der Waals surface area (Å²) < 4.78 is 21.2. The molecule has 1 fully saturated rings. The Bertz CT molecular complexity index is 1920. The fraction of sp³-hybridized carbons (Fsp3) is 0.243. The van der Waals surface area contributed by atoms with Crippen LogP contribution in [0.15, 0.2) is 102 Å². The molecule has 10 heteroatoms. The molecule has 7 nitrogen and oxygen atoms in total. The van der Waals surface area contributed by atoms with Crippen LogP contribution < -0.4 is 15.0 Å². The van der Waals surface area contributed by atoms with Gasteiger partial charge < -0.3 is 19.5 Å². The second-order valence-corrected chi connectivity index (χ2v) is 12.9. The molecule has 6 aromatic rings. The molecule has 0 aliphatic carbocycles. The van der Waals surface area contributed by atoms with Gasteiger partial charge in [0.25, 0.3) is 0 Å². The van der Waals surface area contributed by atoms with Gasteiger partial charge in [-0.3, -0.25) is 4.90 Å². The van der Waals surface area contributed by atoms with E-state index in [0.29, 0.717) is 18.9 Å². The maximum Gasteiger partial charge on any atom is 0.204 e. The Balaban J connectivity index is 0.935. The number of aryl methyl sites for hydroxylation is 1. The SMILES string of the molecule is Fc1ccc(OCCCn2c(NCc3csc(N4CCN(Cc5ccccc5-c5ccc(Cl)cc5)CC4)n3)nc3ccccc32)cc1. The molecule has 3 heterocycles. The summed E-state index contributed by atoms with van der Waals surface area (Å²) in [6.07, 6.45) is 0.784. The average molecular weight is 667 g/mol. The van der Waals surface area contributed by atoms with Gasteiger partial charge in [0.1, 0.15) is 11.6 Å². The van der Waals surface area contributed by atoms with Gasteiger partial charge in [-0.15, -0.1) is 11.3 Å². The summed E-state index contributed by atoms with van der Waals surface area (Å²) in [6.45, 7) is 6.62. The first-order chi connectivity index (χ1) is 23.1. The number of halogens is 2. The maximum atomic E-state index is 13.2. The number of nitrogens with one attached hydrogen (secondary N) is 1. The molecule has 240 valence electrons. The minimum Gasteiger partial charge on any atom is -0.494 e. The highest BCUT2D eigenvalue weighted by Gasteiger charge is 2.21. The zero-order valence-electron chi connectivity index (χ0n) is 26.0.